The molecule has 1 aromatic rings. The van der Waals surface area contributed by atoms with E-state index in [-0.39, 0.29) is 23.4 Å². The minimum atomic E-state index is -0.777. The predicted molar refractivity (Wildman–Crippen MR) is 74.1 cm³/mol. The summed E-state index contributed by atoms with van der Waals surface area (Å²) in [5.74, 6) is -1.51. The molecule has 6 heteroatoms. The van der Waals surface area contributed by atoms with Crippen molar-refractivity contribution in [2.24, 2.45) is 11.8 Å². The number of nitrogen functional groups attached to an aromatic ring is 1. The van der Waals surface area contributed by atoms with E-state index in [1.807, 2.05) is 0 Å². The summed E-state index contributed by atoms with van der Waals surface area (Å²) in [6.07, 6.45) is 4.97. The molecule has 1 aliphatic rings. The van der Waals surface area contributed by atoms with Crippen LogP contribution in [0.2, 0.25) is 0 Å². The maximum absolute atomic E-state index is 12.0. The Kier molecular flexibility index (Phi) is 4.55. The van der Waals surface area contributed by atoms with Crippen molar-refractivity contribution in [2.45, 2.75) is 25.7 Å². The lowest BCUT2D eigenvalue weighted by Gasteiger charge is -2.28. The number of nitrogens with two attached hydrogens (primary N) is 1. The Balaban J connectivity index is 1.95. The number of carboxylic acids is 1. The largest absolute Gasteiger partial charge is 0.481 e. The zero-order chi connectivity index (χ0) is 14.5. The van der Waals surface area contributed by atoms with Crippen molar-refractivity contribution >= 4 is 17.6 Å². The molecular formula is C14H19N3O3. The molecule has 0 spiro atoms. The number of hydrogen-bond acceptors (Lipinski definition) is 4. The SMILES string of the molecule is Nc1cccnc1C(=O)NCC1CCCCC1C(=O)O. The molecule has 20 heavy (non-hydrogen) atoms. The van der Waals surface area contributed by atoms with Crippen LogP contribution in [0.25, 0.3) is 0 Å². The Morgan fingerprint density at radius 3 is 2.85 bits per heavy atom. The van der Waals surface area contributed by atoms with Crippen LogP contribution in [0.4, 0.5) is 5.69 Å². The van der Waals surface area contributed by atoms with Gasteiger partial charge in [-0.05, 0) is 30.9 Å². The van der Waals surface area contributed by atoms with Crippen LogP contribution in [0, 0.1) is 11.8 Å². The number of rotatable bonds is 4. The first-order chi connectivity index (χ1) is 9.59. The molecule has 0 radical (unpaired) electrons. The molecule has 6 nitrogen and oxygen atoms in total. The number of hydrogen-bond donors (Lipinski definition) is 3. The average Bonchev–Trinajstić information content (AvgIpc) is 2.45. The Morgan fingerprint density at radius 2 is 2.15 bits per heavy atom. The molecular weight excluding hydrogens is 258 g/mol. The molecule has 0 aromatic carbocycles. The molecule has 1 aliphatic carbocycles. The third-order valence-corrected chi connectivity index (χ3v) is 3.81. The number of nitrogens with one attached hydrogen (secondary N) is 1. The van der Waals surface area contributed by atoms with E-state index >= 15 is 0 Å². The number of aromatic nitrogens is 1. The Labute approximate surface area is 117 Å². The molecule has 2 atom stereocenters. The highest BCUT2D eigenvalue weighted by Crippen LogP contribution is 2.29. The van der Waals surface area contributed by atoms with E-state index in [1.165, 1.54) is 6.20 Å². The Morgan fingerprint density at radius 1 is 1.40 bits per heavy atom. The number of carbonyl (C=O) groups excluding carboxylic acids is 1. The molecule has 2 unspecified atom stereocenters. The fraction of sp³-hybridized carbons (Fsp3) is 0.500. The summed E-state index contributed by atoms with van der Waals surface area (Å²) in [6.45, 7) is 0.353. The third kappa shape index (κ3) is 3.26. The van der Waals surface area contributed by atoms with Crippen molar-refractivity contribution < 1.29 is 14.7 Å². The average molecular weight is 277 g/mol. The van der Waals surface area contributed by atoms with Gasteiger partial charge < -0.3 is 16.2 Å². The number of amides is 1. The smallest absolute Gasteiger partial charge is 0.306 e. The molecule has 1 saturated carbocycles. The number of pyridine rings is 1. The Hall–Kier alpha value is -2.11. The molecule has 4 N–H and O–H groups in total. The second-order valence-electron chi connectivity index (χ2n) is 5.14. The van der Waals surface area contributed by atoms with Crippen molar-refractivity contribution in [3.05, 3.63) is 24.0 Å². The van der Waals surface area contributed by atoms with Crippen molar-refractivity contribution in [3.8, 4) is 0 Å². The van der Waals surface area contributed by atoms with Crippen LogP contribution in [0.15, 0.2) is 18.3 Å². The zero-order valence-electron chi connectivity index (χ0n) is 11.2. The van der Waals surface area contributed by atoms with E-state index in [1.54, 1.807) is 12.1 Å². The maximum atomic E-state index is 12.0. The van der Waals surface area contributed by atoms with Crippen molar-refractivity contribution in [3.63, 3.8) is 0 Å². The summed E-state index contributed by atoms with van der Waals surface area (Å²) in [6, 6.07) is 3.27. The summed E-state index contributed by atoms with van der Waals surface area (Å²) in [7, 11) is 0. The lowest BCUT2D eigenvalue weighted by atomic mass is 9.79. The van der Waals surface area contributed by atoms with Gasteiger partial charge in [0.1, 0.15) is 0 Å². The van der Waals surface area contributed by atoms with Gasteiger partial charge in [-0.1, -0.05) is 12.8 Å². The minimum Gasteiger partial charge on any atom is -0.481 e. The second-order valence-corrected chi connectivity index (χ2v) is 5.14. The first kappa shape index (κ1) is 14.3. The normalized spacial score (nSPS) is 22.2. The lowest BCUT2D eigenvalue weighted by molar-refractivity contribution is -0.144. The molecule has 0 bridgehead atoms. The van der Waals surface area contributed by atoms with Gasteiger partial charge in [-0.3, -0.25) is 9.59 Å². The summed E-state index contributed by atoms with van der Waals surface area (Å²) in [5, 5.41) is 11.9. The van der Waals surface area contributed by atoms with Gasteiger partial charge in [-0.2, -0.15) is 0 Å². The van der Waals surface area contributed by atoms with Gasteiger partial charge in [-0.25, -0.2) is 4.98 Å². The van der Waals surface area contributed by atoms with Gasteiger partial charge in [0.15, 0.2) is 5.69 Å². The van der Waals surface area contributed by atoms with Crippen LogP contribution in [0.3, 0.4) is 0 Å². The van der Waals surface area contributed by atoms with E-state index < -0.39 is 5.97 Å². The molecule has 1 aromatic heterocycles. The van der Waals surface area contributed by atoms with Crippen LogP contribution < -0.4 is 11.1 Å². The van der Waals surface area contributed by atoms with Gasteiger partial charge in [0.25, 0.3) is 5.91 Å². The van der Waals surface area contributed by atoms with Crippen LogP contribution in [-0.2, 0) is 4.79 Å². The Bertz CT molecular complexity index is 504. The fourth-order valence-corrected chi connectivity index (χ4v) is 2.69. The number of carboxylic acid groups (broad SMARTS) is 1. The van der Waals surface area contributed by atoms with Crippen molar-refractivity contribution in [1.29, 1.82) is 0 Å². The highest BCUT2D eigenvalue weighted by Gasteiger charge is 2.31. The van der Waals surface area contributed by atoms with E-state index in [9.17, 15) is 14.7 Å². The van der Waals surface area contributed by atoms with Gasteiger partial charge in [0.2, 0.25) is 0 Å². The number of nitrogens with zero attached hydrogens (tertiary/aromatic N) is 1. The topological polar surface area (TPSA) is 105 Å². The summed E-state index contributed by atoms with van der Waals surface area (Å²) in [4.78, 5) is 27.1. The fourth-order valence-electron chi connectivity index (χ4n) is 2.69. The van der Waals surface area contributed by atoms with Gasteiger partial charge in [0, 0.05) is 12.7 Å². The zero-order valence-corrected chi connectivity index (χ0v) is 11.2. The number of aliphatic carboxylic acids is 1. The molecule has 1 amide bonds. The molecule has 1 heterocycles. The van der Waals surface area contributed by atoms with Crippen molar-refractivity contribution in [2.75, 3.05) is 12.3 Å². The van der Waals surface area contributed by atoms with Gasteiger partial charge in [-0.15, -0.1) is 0 Å². The minimum absolute atomic E-state index is 0.0184. The molecule has 1 fully saturated rings. The monoisotopic (exact) mass is 277 g/mol. The first-order valence-electron chi connectivity index (χ1n) is 6.81. The first-order valence-corrected chi connectivity index (χ1v) is 6.81. The summed E-state index contributed by atoms with van der Waals surface area (Å²) in [5.41, 5.74) is 6.20. The molecule has 108 valence electrons. The second kappa shape index (κ2) is 6.36. The lowest BCUT2D eigenvalue weighted by Crippen LogP contribution is -2.37. The van der Waals surface area contributed by atoms with Crippen LogP contribution >= 0.6 is 0 Å². The highest BCUT2D eigenvalue weighted by atomic mass is 16.4. The van der Waals surface area contributed by atoms with Crippen LogP contribution in [0.1, 0.15) is 36.2 Å². The molecule has 0 aliphatic heterocycles. The predicted octanol–water partition coefficient (Wildman–Crippen LogP) is 1.28. The maximum Gasteiger partial charge on any atom is 0.306 e. The summed E-state index contributed by atoms with van der Waals surface area (Å²) < 4.78 is 0. The van der Waals surface area contributed by atoms with Gasteiger partial charge >= 0.3 is 5.97 Å². The standard InChI is InChI=1S/C14H19N3O3/c15-11-6-3-7-16-12(11)13(18)17-8-9-4-1-2-5-10(9)14(19)20/h3,6-7,9-10H,1-2,4-5,8,15H2,(H,17,18)(H,19,20). The van der Waals surface area contributed by atoms with Gasteiger partial charge in [0.05, 0.1) is 11.6 Å². The van der Waals surface area contributed by atoms with Crippen LogP contribution in [-0.4, -0.2) is 28.5 Å². The number of anilines is 1. The molecule has 2 rings (SSSR count). The number of carbonyl (C=O) groups is 2. The van der Waals surface area contributed by atoms with Crippen molar-refractivity contribution in [1.82, 2.24) is 10.3 Å². The summed E-state index contributed by atoms with van der Waals surface area (Å²) >= 11 is 0. The van der Waals surface area contributed by atoms with E-state index in [2.05, 4.69) is 10.3 Å². The highest BCUT2D eigenvalue weighted by molar-refractivity contribution is 5.97. The molecule has 0 saturated heterocycles. The van der Waals surface area contributed by atoms with E-state index in [0.29, 0.717) is 18.7 Å². The third-order valence-electron chi connectivity index (χ3n) is 3.81. The van der Waals surface area contributed by atoms with E-state index in [4.69, 9.17) is 5.73 Å². The quantitative estimate of drug-likeness (QED) is 0.769. The van der Waals surface area contributed by atoms with E-state index in [0.717, 1.165) is 19.3 Å². The van der Waals surface area contributed by atoms with Crippen LogP contribution in [0.5, 0.6) is 0 Å².